The van der Waals surface area contributed by atoms with Gasteiger partial charge >= 0.3 is 5.63 Å². The third-order valence-electron chi connectivity index (χ3n) is 3.28. The molecule has 0 bridgehead atoms. The van der Waals surface area contributed by atoms with E-state index in [0.717, 1.165) is 21.0 Å². The van der Waals surface area contributed by atoms with Crippen molar-refractivity contribution >= 4 is 26.9 Å². The van der Waals surface area contributed by atoms with Crippen LogP contribution in [0.4, 0.5) is 0 Å². The number of aryl methyl sites for hydroxylation is 1. The highest BCUT2D eigenvalue weighted by molar-refractivity contribution is 9.10. The van der Waals surface area contributed by atoms with Crippen molar-refractivity contribution in [2.75, 3.05) is 0 Å². The molecule has 1 heterocycles. The molecule has 4 heteroatoms. The van der Waals surface area contributed by atoms with Gasteiger partial charge in [-0.1, -0.05) is 28.1 Å². The SMILES string of the molecule is Cc1c(-c2ccc(Br)cc2)c(=O)oc2ccc(O)cc12. The molecule has 0 atom stereocenters. The molecule has 2 aromatic carbocycles. The van der Waals surface area contributed by atoms with Crippen molar-refractivity contribution in [2.45, 2.75) is 6.92 Å². The first-order valence-corrected chi connectivity index (χ1v) is 6.88. The zero-order valence-electron chi connectivity index (χ0n) is 10.7. The van der Waals surface area contributed by atoms with Gasteiger partial charge in [0.15, 0.2) is 0 Å². The van der Waals surface area contributed by atoms with Crippen LogP contribution in [0.25, 0.3) is 22.1 Å². The lowest BCUT2D eigenvalue weighted by atomic mass is 10.00. The Labute approximate surface area is 123 Å². The molecule has 3 nitrogen and oxygen atoms in total. The molecule has 0 amide bonds. The highest BCUT2D eigenvalue weighted by Crippen LogP contribution is 2.29. The van der Waals surface area contributed by atoms with E-state index in [1.54, 1.807) is 12.1 Å². The Kier molecular flexibility index (Phi) is 3.10. The maximum absolute atomic E-state index is 12.2. The molecule has 0 radical (unpaired) electrons. The second-order valence-electron chi connectivity index (χ2n) is 4.58. The van der Waals surface area contributed by atoms with Crippen molar-refractivity contribution in [2.24, 2.45) is 0 Å². The fourth-order valence-corrected chi connectivity index (χ4v) is 2.55. The van der Waals surface area contributed by atoms with E-state index in [0.29, 0.717) is 11.1 Å². The van der Waals surface area contributed by atoms with Crippen LogP contribution in [0.1, 0.15) is 5.56 Å². The molecule has 0 spiro atoms. The largest absolute Gasteiger partial charge is 0.508 e. The summed E-state index contributed by atoms with van der Waals surface area (Å²) in [4.78, 5) is 12.2. The van der Waals surface area contributed by atoms with Gasteiger partial charge in [0.05, 0.1) is 5.56 Å². The Balaban J connectivity index is 2.35. The number of phenols is 1. The molecule has 0 fully saturated rings. The lowest BCUT2D eigenvalue weighted by Gasteiger charge is -2.08. The van der Waals surface area contributed by atoms with Gasteiger partial charge in [0.1, 0.15) is 11.3 Å². The second kappa shape index (κ2) is 4.80. The lowest BCUT2D eigenvalue weighted by Crippen LogP contribution is -2.05. The van der Waals surface area contributed by atoms with Gasteiger partial charge in [0, 0.05) is 9.86 Å². The van der Waals surface area contributed by atoms with Gasteiger partial charge in [0.2, 0.25) is 0 Å². The predicted octanol–water partition coefficient (Wildman–Crippen LogP) is 4.24. The van der Waals surface area contributed by atoms with E-state index in [9.17, 15) is 9.90 Å². The second-order valence-corrected chi connectivity index (χ2v) is 5.49. The van der Waals surface area contributed by atoms with Gasteiger partial charge in [-0.05, 0) is 48.4 Å². The van der Waals surface area contributed by atoms with Gasteiger partial charge in [-0.25, -0.2) is 4.79 Å². The molecule has 0 saturated carbocycles. The zero-order chi connectivity index (χ0) is 14.3. The molecule has 3 aromatic rings. The van der Waals surface area contributed by atoms with Crippen LogP contribution in [0, 0.1) is 6.92 Å². The summed E-state index contributed by atoms with van der Waals surface area (Å²) in [5.41, 5.74) is 2.23. The average molecular weight is 331 g/mol. The molecular formula is C16H11BrO3. The number of phenolic OH excluding ortho intramolecular Hbond substituents is 1. The third-order valence-corrected chi connectivity index (χ3v) is 3.81. The highest BCUT2D eigenvalue weighted by atomic mass is 79.9. The van der Waals surface area contributed by atoms with Crippen molar-refractivity contribution in [3.8, 4) is 16.9 Å². The minimum atomic E-state index is -0.372. The monoisotopic (exact) mass is 330 g/mol. The van der Waals surface area contributed by atoms with Gasteiger partial charge in [-0.3, -0.25) is 0 Å². The molecule has 100 valence electrons. The smallest absolute Gasteiger partial charge is 0.344 e. The Bertz CT molecular complexity index is 848. The van der Waals surface area contributed by atoms with E-state index in [4.69, 9.17) is 4.42 Å². The minimum absolute atomic E-state index is 0.149. The molecule has 0 unspecified atom stereocenters. The first-order chi connectivity index (χ1) is 9.56. The molecule has 0 saturated heterocycles. The maximum atomic E-state index is 12.2. The summed E-state index contributed by atoms with van der Waals surface area (Å²) in [7, 11) is 0. The van der Waals surface area contributed by atoms with Crippen LogP contribution in [0.2, 0.25) is 0 Å². The highest BCUT2D eigenvalue weighted by Gasteiger charge is 2.13. The molecule has 1 N–H and O–H groups in total. The summed E-state index contributed by atoms with van der Waals surface area (Å²) in [6, 6.07) is 12.2. The molecular weight excluding hydrogens is 320 g/mol. The van der Waals surface area contributed by atoms with E-state index < -0.39 is 0 Å². The van der Waals surface area contributed by atoms with Gasteiger partial charge in [0.25, 0.3) is 0 Å². The number of aromatic hydroxyl groups is 1. The summed E-state index contributed by atoms with van der Waals surface area (Å²) in [6.45, 7) is 1.86. The fourth-order valence-electron chi connectivity index (χ4n) is 2.29. The van der Waals surface area contributed by atoms with Gasteiger partial charge in [-0.15, -0.1) is 0 Å². The van der Waals surface area contributed by atoms with Crippen molar-refractivity contribution in [3.63, 3.8) is 0 Å². The van der Waals surface area contributed by atoms with Crippen molar-refractivity contribution < 1.29 is 9.52 Å². The van der Waals surface area contributed by atoms with Crippen LogP contribution in [0.3, 0.4) is 0 Å². The van der Waals surface area contributed by atoms with Crippen LogP contribution >= 0.6 is 15.9 Å². The molecule has 20 heavy (non-hydrogen) atoms. The number of benzene rings is 2. The van der Waals surface area contributed by atoms with E-state index in [1.165, 1.54) is 6.07 Å². The first-order valence-electron chi connectivity index (χ1n) is 6.08. The average Bonchev–Trinajstić information content (AvgIpc) is 2.42. The van der Waals surface area contributed by atoms with Crippen molar-refractivity contribution in [3.05, 3.63) is 62.9 Å². The third kappa shape index (κ3) is 2.12. The molecule has 0 aliphatic carbocycles. The first kappa shape index (κ1) is 12.9. The number of hydrogen-bond donors (Lipinski definition) is 1. The van der Waals surface area contributed by atoms with Crippen LogP contribution in [-0.4, -0.2) is 5.11 Å². The summed E-state index contributed by atoms with van der Waals surface area (Å²) in [5, 5.41) is 10.3. The van der Waals surface area contributed by atoms with Crippen LogP contribution < -0.4 is 5.63 Å². The standard InChI is InChI=1S/C16H11BrO3/c1-9-13-8-12(18)6-7-14(13)20-16(19)15(9)10-2-4-11(17)5-3-10/h2-8,18H,1H3. The van der Waals surface area contributed by atoms with E-state index in [2.05, 4.69) is 15.9 Å². The minimum Gasteiger partial charge on any atom is -0.508 e. The number of rotatable bonds is 1. The number of halogens is 1. The summed E-state index contributed by atoms with van der Waals surface area (Å²) in [5.74, 6) is 0.149. The van der Waals surface area contributed by atoms with E-state index in [1.807, 2.05) is 31.2 Å². The van der Waals surface area contributed by atoms with Crippen LogP contribution in [0.5, 0.6) is 5.75 Å². The summed E-state index contributed by atoms with van der Waals surface area (Å²) >= 11 is 3.37. The van der Waals surface area contributed by atoms with E-state index in [-0.39, 0.29) is 11.4 Å². The van der Waals surface area contributed by atoms with E-state index >= 15 is 0 Å². The Morgan fingerprint density at radius 3 is 2.50 bits per heavy atom. The topological polar surface area (TPSA) is 50.4 Å². The summed E-state index contributed by atoms with van der Waals surface area (Å²) in [6.07, 6.45) is 0. The zero-order valence-corrected chi connectivity index (χ0v) is 12.3. The maximum Gasteiger partial charge on any atom is 0.344 e. The summed E-state index contributed by atoms with van der Waals surface area (Å²) < 4.78 is 6.28. The Hall–Kier alpha value is -2.07. The molecule has 0 aliphatic rings. The van der Waals surface area contributed by atoms with Crippen molar-refractivity contribution in [1.82, 2.24) is 0 Å². The quantitative estimate of drug-likeness (QED) is 0.679. The number of fused-ring (bicyclic) bond motifs is 1. The number of hydrogen-bond acceptors (Lipinski definition) is 3. The van der Waals surface area contributed by atoms with Crippen LogP contribution in [-0.2, 0) is 0 Å². The van der Waals surface area contributed by atoms with Crippen LogP contribution in [0.15, 0.2) is 56.1 Å². The van der Waals surface area contributed by atoms with Gasteiger partial charge < -0.3 is 9.52 Å². The lowest BCUT2D eigenvalue weighted by molar-refractivity contribution is 0.475. The fraction of sp³-hybridized carbons (Fsp3) is 0.0625. The molecule has 3 rings (SSSR count). The molecule has 0 aliphatic heterocycles. The molecule has 1 aromatic heterocycles. The Morgan fingerprint density at radius 1 is 1.10 bits per heavy atom. The Morgan fingerprint density at radius 2 is 1.80 bits per heavy atom. The predicted molar refractivity (Wildman–Crippen MR) is 82.0 cm³/mol. The van der Waals surface area contributed by atoms with Crippen molar-refractivity contribution in [1.29, 1.82) is 0 Å². The normalized spacial score (nSPS) is 10.9. The van der Waals surface area contributed by atoms with Gasteiger partial charge in [-0.2, -0.15) is 0 Å².